The molecular formula is C15H24Cl2N4O3. The molecule has 1 aromatic rings. The van der Waals surface area contributed by atoms with Crippen molar-refractivity contribution in [3.8, 4) is 5.75 Å². The molecule has 2 aliphatic rings. The fraction of sp³-hybridized carbons (Fsp3) is 0.600. The summed E-state index contributed by atoms with van der Waals surface area (Å²) in [5.41, 5.74) is 0. The van der Waals surface area contributed by atoms with Gasteiger partial charge in [-0.3, -0.25) is 4.79 Å². The van der Waals surface area contributed by atoms with E-state index in [2.05, 4.69) is 15.2 Å². The number of hydrogen-bond donors (Lipinski definition) is 1. The van der Waals surface area contributed by atoms with Gasteiger partial charge in [0.2, 0.25) is 0 Å². The van der Waals surface area contributed by atoms with Gasteiger partial charge in [0.25, 0.3) is 5.91 Å². The van der Waals surface area contributed by atoms with Crippen LogP contribution in [-0.2, 0) is 9.53 Å². The Labute approximate surface area is 154 Å². The summed E-state index contributed by atoms with van der Waals surface area (Å²) in [5, 5.41) is 3.20. The van der Waals surface area contributed by atoms with Crippen molar-refractivity contribution in [2.45, 2.75) is 6.10 Å². The highest BCUT2D eigenvalue weighted by Gasteiger charge is 2.29. The van der Waals surface area contributed by atoms with E-state index in [9.17, 15) is 4.79 Å². The first-order valence-corrected chi connectivity index (χ1v) is 7.64. The molecule has 0 radical (unpaired) electrons. The van der Waals surface area contributed by atoms with Gasteiger partial charge in [0.1, 0.15) is 17.7 Å². The summed E-state index contributed by atoms with van der Waals surface area (Å²) in [6.45, 7) is 4.95. The number of piperazine rings is 1. The summed E-state index contributed by atoms with van der Waals surface area (Å²) >= 11 is 0. The lowest BCUT2D eigenvalue weighted by molar-refractivity contribution is -0.145. The van der Waals surface area contributed by atoms with Gasteiger partial charge in [0, 0.05) is 51.5 Å². The van der Waals surface area contributed by atoms with Crippen LogP contribution in [0.25, 0.3) is 0 Å². The molecule has 9 heteroatoms. The van der Waals surface area contributed by atoms with Crippen molar-refractivity contribution < 1.29 is 14.3 Å². The highest BCUT2D eigenvalue weighted by atomic mass is 35.5. The highest BCUT2D eigenvalue weighted by Crippen LogP contribution is 2.19. The van der Waals surface area contributed by atoms with E-state index in [0.717, 1.165) is 31.2 Å². The zero-order chi connectivity index (χ0) is 15.4. The van der Waals surface area contributed by atoms with Crippen LogP contribution in [0.2, 0.25) is 0 Å². The molecule has 1 aromatic heterocycles. The largest absolute Gasteiger partial charge is 0.497 e. The number of carbonyl (C=O) groups excluding carboxylic acids is 1. The van der Waals surface area contributed by atoms with Crippen LogP contribution in [0, 0.1) is 0 Å². The third kappa shape index (κ3) is 4.86. The summed E-state index contributed by atoms with van der Waals surface area (Å²) < 4.78 is 10.8. The van der Waals surface area contributed by atoms with Gasteiger partial charge < -0.3 is 24.6 Å². The van der Waals surface area contributed by atoms with Gasteiger partial charge in [-0.05, 0) is 6.07 Å². The molecule has 1 atom stereocenters. The van der Waals surface area contributed by atoms with Crippen molar-refractivity contribution in [2.75, 3.05) is 57.9 Å². The Kier molecular flexibility index (Phi) is 8.55. The van der Waals surface area contributed by atoms with Crippen molar-refractivity contribution in [1.29, 1.82) is 0 Å². The molecule has 136 valence electrons. The molecule has 0 aliphatic carbocycles. The molecule has 0 bridgehead atoms. The molecule has 0 saturated carbocycles. The minimum Gasteiger partial charge on any atom is -0.497 e. The Balaban J connectivity index is 0.00000144. The number of methoxy groups -OCH3 is 1. The van der Waals surface area contributed by atoms with Crippen LogP contribution in [0.4, 0.5) is 5.82 Å². The first kappa shape index (κ1) is 20.8. The normalized spacial score (nSPS) is 20.6. The van der Waals surface area contributed by atoms with E-state index in [1.165, 1.54) is 0 Å². The van der Waals surface area contributed by atoms with Crippen LogP contribution in [0.1, 0.15) is 0 Å². The molecule has 2 aliphatic heterocycles. The van der Waals surface area contributed by atoms with E-state index in [1.54, 1.807) is 13.3 Å². The fourth-order valence-corrected chi connectivity index (χ4v) is 2.78. The molecule has 3 rings (SSSR count). The van der Waals surface area contributed by atoms with Crippen LogP contribution in [0.15, 0.2) is 18.3 Å². The van der Waals surface area contributed by atoms with Crippen molar-refractivity contribution in [1.82, 2.24) is 15.2 Å². The highest BCUT2D eigenvalue weighted by molar-refractivity contribution is 5.85. The third-order valence-electron chi connectivity index (χ3n) is 4.07. The molecule has 1 amide bonds. The average Bonchev–Trinajstić information content (AvgIpc) is 2.62. The van der Waals surface area contributed by atoms with Crippen molar-refractivity contribution in [3.05, 3.63) is 18.3 Å². The summed E-state index contributed by atoms with van der Waals surface area (Å²) in [6, 6.07) is 3.75. The van der Waals surface area contributed by atoms with E-state index in [1.807, 2.05) is 17.0 Å². The van der Waals surface area contributed by atoms with Gasteiger partial charge in [0.05, 0.1) is 13.7 Å². The molecule has 0 aromatic carbocycles. The van der Waals surface area contributed by atoms with Crippen LogP contribution >= 0.6 is 24.8 Å². The Morgan fingerprint density at radius 2 is 2.08 bits per heavy atom. The van der Waals surface area contributed by atoms with Gasteiger partial charge in [0.15, 0.2) is 0 Å². The second-order valence-corrected chi connectivity index (χ2v) is 5.43. The molecule has 2 fully saturated rings. The van der Waals surface area contributed by atoms with Crippen LogP contribution < -0.4 is 15.0 Å². The summed E-state index contributed by atoms with van der Waals surface area (Å²) in [6.07, 6.45) is 1.41. The van der Waals surface area contributed by atoms with Crippen LogP contribution in [-0.4, -0.2) is 74.9 Å². The van der Waals surface area contributed by atoms with Crippen molar-refractivity contribution in [3.63, 3.8) is 0 Å². The summed E-state index contributed by atoms with van der Waals surface area (Å²) in [7, 11) is 1.65. The quantitative estimate of drug-likeness (QED) is 0.829. The number of pyridine rings is 1. The Bertz CT molecular complexity index is 521. The predicted octanol–water partition coefficient (Wildman–Crippen LogP) is 0.571. The van der Waals surface area contributed by atoms with Gasteiger partial charge in [-0.25, -0.2) is 4.98 Å². The molecule has 1 unspecified atom stereocenters. The maximum absolute atomic E-state index is 12.4. The monoisotopic (exact) mass is 378 g/mol. The number of hydrogen-bond acceptors (Lipinski definition) is 6. The smallest absolute Gasteiger partial charge is 0.253 e. The average molecular weight is 379 g/mol. The lowest BCUT2D eigenvalue weighted by Gasteiger charge is -2.37. The maximum atomic E-state index is 12.4. The number of rotatable bonds is 3. The lowest BCUT2D eigenvalue weighted by Crippen LogP contribution is -2.55. The molecule has 7 nitrogen and oxygen atoms in total. The van der Waals surface area contributed by atoms with E-state index < -0.39 is 0 Å². The summed E-state index contributed by atoms with van der Waals surface area (Å²) in [4.78, 5) is 20.8. The number of aromatic nitrogens is 1. The topological polar surface area (TPSA) is 66.9 Å². The van der Waals surface area contributed by atoms with Gasteiger partial charge in [-0.15, -0.1) is 24.8 Å². The predicted molar refractivity (Wildman–Crippen MR) is 96.7 cm³/mol. The van der Waals surface area contributed by atoms with Gasteiger partial charge in [-0.1, -0.05) is 0 Å². The Morgan fingerprint density at radius 1 is 1.33 bits per heavy atom. The molecule has 2 saturated heterocycles. The molecule has 1 N–H and O–H groups in total. The lowest BCUT2D eigenvalue weighted by atomic mass is 10.2. The molecule has 24 heavy (non-hydrogen) atoms. The number of morpholine rings is 1. The number of anilines is 1. The molecule has 3 heterocycles. The van der Waals surface area contributed by atoms with Gasteiger partial charge in [-0.2, -0.15) is 0 Å². The van der Waals surface area contributed by atoms with Crippen molar-refractivity contribution in [2.24, 2.45) is 0 Å². The van der Waals surface area contributed by atoms with E-state index in [0.29, 0.717) is 26.2 Å². The SMILES string of the molecule is COc1ccnc(N2CCN(C(=O)C3CNCCO3)CC2)c1.Cl.Cl. The van der Waals surface area contributed by atoms with Gasteiger partial charge >= 0.3 is 0 Å². The van der Waals surface area contributed by atoms with E-state index in [-0.39, 0.29) is 36.8 Å². The number of nitrogens with zero attached hydrogens (tertiary/aromatic N) is 3. The van der Waals surface area contributed by atoms with E-state index >= 15 is 0 Å². The Morgan fingerprint density at radius 3 is 2.71 bits per heavy atom. The molecule has 0 spiro atoms. The zero-order valence-corrected chi connectivity index (χ0v) is 15.3. The third-order valence-corrected chi connectivity index (χ3v) is 4.07. The van der Waals surface area contributed by atoms with Crippen LogP contribution in [0.3, 0.4) is 0 Å². The van der Waals surface area contributed by atoms with Crippen molar-refractivity contribution >= 4 is 36.5 Å². The number of amides is 1. The minimum atomic E-state index is -0.338. The number of halogens is 2. The standard InChI is InChI=1S/C15H22N4O3.2ClH/c1-21-12-2-3-17-14(10-12)18-5-7-19(8-6-18)15(20)13-11-16-4-9-22-13;;/h2-3,10,13,16H,4-9,11H2,1H3;2*1H. The zero-order valence-electron chi connectivity index (χ0n) is 13.6. The maximum Gasteiger partial charge on any atom is 0.253 e. The second kappa shape index (κ2) is 9.88. The minimum absolute atomic E-state index is 0. The fourth-order valence-electron chi connectivity index (χ4n) is 2.78. The number of nitrogens with one attached hydrogen (secondary N) is 1. The first-order chi connectivity index (χ1) is 10.8. The molecular weight excluding hydrogens is 355 g/mol. The first-order valence-electron chi connectivity index (χ1n) is 7.64. The van der Waals surface area contributed by atoms with Crippen LogP contribution in [0.5, 0.6) is 5.75 Å². The summed E-state index contributed by atoms with van der Waals surface area (Å²) in [5.74, 6) is 1.78. The second-order valence-electron chi connectivity index (χ2n) is 5.43. The Hall–Kier alpha value is -1.28. The number of carbonyl (C=O) groups is 1. The number of ether oxygens (including phenoxy) is 2. The van der Waals surface area contributed by atoms with E-state index in [4.69, 9.17) is 9.47 Å².